The molecule has 0 aromatic carbocycles. The molecule has 0 aliphatic heterocycles. The Morgan fingerprint density at radius 2 is 2.08 bits per heavy atom. The highest BCUT2D eigenvalue weighted by atomic mass is 32.2. The van der Waals surface area contributed by atoms with Crippen molar-refractivity contribution in [3.63, 3.8) is 0 Å². The van der Waals surface area contributed by atoms with Crippen LogP contribution in [0.15, 0.2) is 0 Å². The average molecular weight is 213 g/mol. The second-order valence-electron chi connectivity index (χ2n) is 2.91. The van der Waals surface area contributed by atoms with E-state index in [-0.39, 0.29) is 18.8 Å². The van der Waals surface area contributed by atoms with E-state index in [1.54, 1.807) is 6.92 Å². The molecule has 0 saturated carbocycles. The summed E-state index contributed by atoms with van der Waals surface area (Å²) in [4.78, 5) is 0. The molecule has 0 aromatic heterocycles. The van der Waals surface area contributed by atoms with Gasteiger partial charge in [0, 0.05) is 13.1 Å². The highest BCUT2D eigenvalue weighted by Gasteiger charge is 2.21. The number of likely N-dealkylation sites (N-methyl/N-ethyl adjacent to an activating group) is 1. The van der Waals surface area contributed by atoms with E-state index in [1.165, 1.54) is 7.05 Å². The fourth-order valence-electron chi connectivity index (χ4n) is 0.770. The maximum absolute atomic E-state index is 11.7. The van der Waals surface area contributed by atoms with Crippen molar-refractivity contribution in [1.82, 2.24) is 4.31 Å². The van der Waals surface area contributed by atoms with Gasteiger partial charge in [0.05, 0.1) is 19.0 Å². The molecule has 0 spiro atoms. The zero-order valence-corrected chi connectivity index (χ0v) is 8.72. The van der Waals surface area contributed by atoms with E-state index in [4.69, 9.17) is 5.11 Å². The van der Waals surface area contributed by atoms with E-state index < -0.39 is 22.7 Å². The van der Waals surface area contributed by atoms with Gasteiger partial charge in [-0.05, 0) is 13.3 Å². The lowest BCUT2D eigenvalue weighted by molar-refractivity contribution is 0.213. The molecular weight excluding hydrogens is 197 g/mol. The van der Waals surface area contributed by atoms with Crippen molar-refractivity contribution in [1.29, 1.82) is 0 Å². The van der Waals surface area contributed by atoms with Crippen LogP contribution in [0.5, 0.6) is 0 Å². The molecule has 0 heterocycles. The lowest BCUT2D eigenvalue weighted by Gasteiger charge is -2.22. The molecule has 0 aromatic rings. The Labute approximate surface area is 78.4 Å². The molecule has 1 N–H and O–H groups in total. The van der Waals surface area contributed by atoms with E-state index in [0.717, 1.165) is 4.31 Å². The van der Waals surface area contributed by atoms with Crippen molar-refractivity contribution < 1.29 is 17.9 Å². The van der Waals surface area contributed by atoms with Gasteiger partial charge in [-0.3, -0.25) is 4.39 Å². The number of hydrogen-bond donors (Lipinski definition) is 1. The van der Waals surface area contributed by atoms with Crippen LogP contribution in [0, 0.1) is 0 Å². The minimum Gasteiger partial charge on any atom is -0.395 e. The molecule has 0 radical (unpaired) electrons. The Morgan fingerprint density at radius 1 is 1.54 bits per heavy atom. The van der Waals surface area contributed by atoms with Crippen LogP contribution in [0.25, 0.3) is 0 Å². The topological polar surface area (TPSA) is 57.6 Å². The summed E-state index contributed by atoms with van der Waals surface area (Å²) in [6.45, 7) is 0.721. The van der Waals surface area contributed by atoms with Crippen LogP contribution in [0.1, 0.15) is 13.3 Å². The molecule has 1 unspecified atom stereocenters. The Balaban J connectivity index is 4.28. The van der Waals surface area contributed by atoms with Crippen LogP contribution >= 0.6 is 0 Å². The molecule has 0 aliphatic rings. The number of alkyl halides is 1. The van der Waals surface area contributed by atoms with Gasteiger partial charge in [0.2, 0.25) is 10.0 Å². The third kappa shape index (κ3) is 4.02. The van der Waals surface area contributed by atoms with Gasteiger partial charge in [-0.1, -0.05) is 0 Å². The summed E-state index contributed by atoms with van der Waals surface area (Å²) in [7, 11) is -2.02. The first-order chi connectivity index (χ1) is 5.95. The van der Waals surface area contributed by atoms with E-state index in [2.05, 4.69) is 0 Å². The fraction of sp³-hybridized carbons (Fsp3) is 1.00. The SMILES string of the molecule is CC(CO)N(C)S(=O)(=O)CCCF. The summed E-state index contributed by atoms with van der Waals surface area (Å²) in [6, 6.07) is -0.454. The smallest absolute Gasteiger partial charge is 0.214 e. The van der Waals surface area contributed by atoms with Crippen LogP contribution in [0.2, 0.25) is 0 Å². The van der Waals surface area contributed by atoms with Gasteiger partial charge in [-0.25, -0.2) is 8.42 Å². The predicted octanol–water partition coefficient (Wildman–Crippen LogP) is -0.0116. The zero-order chi connectivity index (χ0) is 10.5. The van der Waals surface area contributed by atoms with Gasteiger partial charge in [-0.2, -0.15) is 4.31 Å². The summed E-state index contributed by atoms with van der Waals surface area (Å²) in [5.41, 5.74) is 0. The zero-order valence-electron chi connectivity index (χ0n) is 7.90. The molecule has 1 atom stereocenters. The van der Waals surface area contributed by atoms with Gasteiger partial charge in [0.25, 0.3) is 0 Å². The molecule has 0 bridgehead atoms. The number of rotatable bonds is 6. The molecule has 4 nitrogen and oxygen atoms in total. The monoisotopic (exact) mass is 213 g/mol. The highest BCUT2D eigenvalue weighted by molar-refractivity contribution is 7.89. The maximum Gasteiger partial charge on any atom is 0.214 e. The molecule has 0 amide bonds. The minimum absolute atomic E-state index is 0.00478. The van der Waals surface area contributed by atoms with Gasteiger partial charge in [0.1, 0.15) is 0 Å². The third-order valence-electron chi connectivity index (χ3n) is 1.86. The lowest BCUT2D eigenvalue weighted by Crippen LogP contribution is -2.38. The highest BCUT2D eigenvalue weighted by Crippen LogP contribution is 2.05. The quantitative estimate of drug-likeness (QED) is 0.675. The lowest BCUT2D eigenvalue weighted by atomic mass is 10.4. The van der Waals surface area contributed by atoms with Crippen molar-refractivity contribution >= 4 is 10.0 Å². The standard InChI is InChI=1S/C7H16FNO3S/c1-7(6-10)9(2)13(11,12)5-3-4-8/h7,10H,3-6H2,1-2H3. The van der Waals surface area contributed by atoms with Gasteiger partial charge < -0.3 is 5.11 Å². The molecule has 0 saturated heterocycles. The summed E-state index contributed by atoms with van der Waals surface area (Å²) in [6.07, 6.45) is 0.00478. The first-order valence-electron chi connectivity index (χ1n) is 4.08. The molecule has 80 valence electrons. The number of halogens is 1. The molecule has 0 rings (SSSR count). The van der Waals surface area contributed by atoms with Crippen LogP contribution < -0.4 is 0 Å². The van der Waals surface area contributed by atoms with E-state index >= 15 is 0 Å². The van der Waals surface area contributed by atoms with Crippen molar-refractivity contribution in [3.05, 3.63) is 0 Å². The summed E-state index contributed by atoms with van der Waals surface area (Å²) in [5, 5.41) is 8.71. The molecule has 0 aliphatic carbocycles. The van der Waals surface area contributed by atoms with Crippen molar-refractivity contribution in [2.45, 2.75) is 19.4 Å². The Hall–Kier alpha value is -0.200. The van der Waals surface area contributed by atoms with Gasteiger partial charge in [0.15, 0.2) is 0 Å². The minimum atomic E-state index is -3.40. The Kier molecular flexibility index (Phi) is 5.43. The molecule has 0 fully saturated rings. The van der Waals surface area contributed by atoms with Gasteiger partial charge >= 0.3 is 0 Å². The third-order valence-corrected chi connectivity index (χ3v) is 3.90. The summed E-state index contributed by atoms with van der Waals surface area (Å²) >= 11 is 0. The van der Waals surface area contributed by atoms with E-state index in [9.17, 15) is 12.8 Å². The number of nitrogens with zero attached hydrogens (tertiary/aromatic N) is 1. The van der Waals surface area contributed by atoms with Crippen molar-refractivity contribution in [2.24, 2.45) is 0 Å². The summed E-state index contributed by atoms with van der Waals surface area (Å²) < 4.78 is 35.5. The second-order valence-corrected chi connectivity index (χ2v) is 5.05. The number of aliphatic hydroxyl groups excluding tert-OH is 1. The van der Waals surface area contributed by atoms with Gasteiger partial charge in [-0.15, -0.1) is 0 Å². The normalized spacial score (nSPS) is 14.8. The summed E-state index contributed by atoms with van der Waals surface area (Å²) in [5.74, 6) is -0.204. The maximum atomic E-state index is 11.7. The molecular formula is C7H16FNO3S. The Morgan fingerprint density at radius 3 is 2.46 bits per heavy atom. The van der Waals surface area contributed by atoms with Crippen molar-refractivity contribution in [3.8, 4) is 0 Å². The van der Waals surface area contributed by atoms with Crippen LogP contribution in [0.4, 0.5) is 4.39 Å². The number of aliphatic hydroxyl groups is 1. The number of sulfonamides is 1. The predicted molar refractivity (Wildman–Crippen MR) is 48.7 cm³/mol. The first kappa shape index (κ1) is 12.8. The van der Waals surface area contributed by atoms with Crippen LogP contribution in [0.3, 0.4) is 0 Å². The molecule has 13 heavy (non-hydrogen) atoms. The van der Waals surface area contributed by atoms with Crippen LogP contribution in [-0.2, 0) is 10.0 Å². The second kappa shape index (κ2) is 5.51. The van der Waals surface area contributed by atoms with E-state index in [1.807, 2.05) is 0 Å². The average Bonchev–Trinajstić information content (AvgIpc) is 2.12. The first-order valence-corrected chi connectivity index (χ1v) is 5.69. The van der Waals surface area contributed by atoms with E-state index in [0.29, 0.717) is 0 Å². The fourth-order valence-corrected chi connectivity index (χ4v) is 2.15. The Bertz CT molecular complexity index is 230. The number of hydrogen-bond acceptors (Lipinski definition) is 3. The molecule has 6 heteroatoms. The largest absolute Gasteiger partial charge is 0.395 e. The van der Waals surface area contributed by atoms with Crippen LogP contribution in [-0.4, -0.2) is 50.0 Å². The van der Waals surface area contributed by atoms with Crippen molar-refractivity contribution in [2.75, 3.05) is 26.1 Å².